The zero-order chi connectivity index (χ0) is 15.4. The number of ether oxygens (including phenoxy) is 1. The molecule has 1 saturated heterocycles. The molecule has 2 atom stereocenters. The number of amides is 1. The summed E-state index contributed by atoms with van der Waals surface area (Å²) in [5.41, 5.74) is 6.73. The Morgan fingerprint density at radius 2 is 2.24 bits per heavy atom. The first-order valence-electron chi connectivity index (χ1n) is 7.41. The van der Waals surface area contributed by atoms with Crippen molar-refractivity contribution in [3.05, 3.63) is 34.3 Å². The fourth-order valence-corrected chi connectivity index (χ4v) is 3.04. The van der Waals surface area contributed by atoms with Crippen LogP contribution in [0.1, 0.15) is 32.3 Å². The summed E-state index contributed by atoms with van der Waals surface area (Å²) in [4.78, 5) is 14.6. The van der Waals surface area contributed by atoms with E-state index >= 15 is 0 Å². The third-order valence-corrected chi connectivity index (χ3v) is 4.29. The van der Waals surface area contributed by atoms with Gasteiger partial charge in [0, 0.05) is 23.6 Å². The van der Waals surface area contributed by atoms with Crippen molar-refractivity contribution in [2.75, 3.05) is 6.54 Å². The lowest BCUT2D eigenvalue weighted by molar-refractivity contribution is -0.145. The molecule has 2 rings (SSSR count). The molecule has 5 heteroatoms. The number of nitrogens with zero attached hydrogens (tertiary/aromatic N) is 1. The molecule has 0 saturated carbocycles. The van der Waals surface area contributed by atoms with Gasteiger partial charge in [-0.2, -0.15) is 0 Å². The number of rotatable bonds is 5. The predicted octanol–water partition coefficient (Wildman–Crippen LogP) is 2.69. The van der Waals surface area contributed by atoms with Crippen molar-refractivity contribution >= 4 is 21.8 Å². The van der Waals surface area contributed by atoms with E-state index in [9.17, 15) is 4.79 Å². The number of benzene rings is 1. The van der Waals surface area contributed by atoms with Crippen LogP contribution >= 0.6 is 15.9 Å². The maximum atomic E-state index is 12.7. The van der Waals surface area contributed by atoms with Crippen LogP contribution < -0.4 is 5.73 Å². The summed E-state index contributed by atoms with van der Waals surface area (Å²) in [5, 5.41) is 0. The van der Waals surface area contributed by atoms with Crippen molar-refractivity contribution in [1.82, 2.24) is 4.90 Å². The number of halogens is 1. The molecule has 0 aliphatic carbocycles. The third-order valence-electron chi connectivity index (χ3n) is 3.79. The summed E-state index contributed by atoms with van der Waals surface area (Å²) >= 11 is 3.47. The third kappa shape index (κ3) is 4.28. The van der Waals surface area contributed by atoms with Gasteiger partial charge in [0.1, 0.15) is 6.10 Å². The lowest BCUT2D eigenvalue weighted by Crippen LogP contribution is -2.43. The van der Waals surface area contributed by atoms with Crippen LogP contribution in [0.4, 0.5) is 0 Å². The van der Waals surface area contributed by atoms with Crippen LogP contribution in [0, 0.1) is 0 Å². The van der Waals surface area contributed by atoms with Gasteiger partial charge >= 0.3 is 0 Å². The molecule has 2 N–H and O–H groups in total. The number of hydrogen-bond donors (Lipinski definition) is 1. The lowest BCUT2D eigenvalue weighted by atomic mass is 10.1. The van der Waals surface area contributed by atoms with E-state index in [0.717, 1.165) is 22.9 Å². The van der Waals surface area contributed by atoms with Gasteiger partial charge in [-0.1, -0.05) is 28.1 Å². The SMILES string of the molecule is CC(C)N(Cc1cccc(Br)c1)C(=O)[C@@H]1CC[C@H](CN)O1. The zero-order valence-corrected chi connectivity index (χ0v) is 14.2. The number of carbonyl (C=O) groups excluding carboxylic acids is 1. The Morgan fingerprint density at radius 3 is 2.81 bits per heavy atom. The highest BCUT2D eigenvalue weighted by molar-refractivity contribution is 9.10. The first-order valence-corrected chi connectivity index (χ1v) is 8.21. The van der Waals surface area contributed by atoms with E-state index in [2.05, 4.69) is 15.9 Å². The van der Waals surface area contributed by atoms with Gasteiger partial charge in [0.05, 0.1) is 6.10 Å². The monoisotopic (exact) mass is 354 g/mol. The molecule has 1 heterocycles. The van der Waals surface area contributed by atoms with E-state index < -0.39 is 0 Å². The Bertz CT molecular complexity index is 493. The highest BCUT2D eigenvalue weighted by Gasteiger charge is 2.33. The molecule has 116 valence electrons. The van der Waals surface area contributed by atoms with Gasteiger partial charge in [-0.25, -0.2) is 0 Å². The van der Waals surface area contributed by atoms with E-state index in [4.69, 9.17) is 10.5 Å². The minimum absolute atomic E-state index is 0.0267. The van der Waals surface area contributed by atoms with Crippen molar-refractivity contribution in [3.8, 4) is 0 Å². The standard InChI is InChI=1S/C16H23BrN2O2/c1-11(2)19(10-12-4-3-5-13(17)8-12)16(20)15-7-6-14(9-18)21-15/h3-5,8,11,14-15H,6-7,9-10,18H2,1-2H3/t14-,15+/m1/s1. The Kier molecular flexibility index (Phi) is 5.79. The van der Waals surface area contributed by atoms with Crippen LogP contribution in [-0.4, -0.2) is 35.6 Å². The van der Waals surface area contributed by atoms with E-state index in [-0.39, 0.29) is 24.2 Å². The molecule has 21 heavy (non-hydrogen) atoms. The highest BCUT2D eigenvalue weighted by atomic mass is 79.9. The molecule has 1 amide bonds. The smallest absolute Gasteiger partial charge is 0.252 e. The van der Waals surface area contributed by atoms with Crippen LogP contribution in [0.2, 0.25) is 0 Å². The second kappa shape index (κ2) is 7.38. The summed E-state index contributed by atoms with van der Waals surface area (Å²) in [6.45, 7) is 5.15. The lowest BCUT2D eigenvalue weighted by Gasteiger charge is -2.29. The Balaban J connectivity index is 2.06. The molecule has 1 aromatic carbocycles. The predicted molar refractivity (Wildman–Crippen MR) is 86.8 cm³/mol. The van der Waals surface area contributed by atoms with Gasteiger partial charge < -0.3 is 15.4 Å². The van der Waals surface area contributed by atoms with E-state index in [1.165, 1.54) is 0 Å². The highest BCUT2D eigenvalue weighted by Crippen LogP contribution is 2.23. The van der Waals surface area contributed by atoms with Crippen molar-refractivity contribution in [2.45, 2.75) is 51.5 Å². The topological polar surface area (TPSA) is 55.6 Å². The summed E-state index contributed by atoms with van der Waals surface area (Å²) in [6.07, 6.45) is 1.32. The van der Waals surface area contributed by atoms with E-state index in [1.54, 1.807) is 0 Å². The molecule has 0 bridgehead atoms. The number of nitrogens with two attached hydrogens (primary N) is 1. The number of hydrogen-bond acceptors (Lipinski definition) is 3. The molecular weight excluding hydrogens is 332 g/mol. The van der Waals surface area contributed by atoms with Crippen molar-refractivity contribution in [3.63, 3.8) is 0 Å². The van der Waals surface area contributed by atoms with Gasteiger partial charge in [-0.3, -0.25) is 4.79 Å². The largest absolute Gasteiger partial charge is 0.364 e. The van der Waals surface area contributed by atoms with Crippen molar-refractivity contribution in [2.24, 2.45) is 5.73 Å². The molecule has 0 unspecified atom stereocenters. The fourth-order valence-electron chi connectivity index (χ4n) is 2.59. The quantitative estimate of drug-likeness (QED) is 0.884. The minimum Gasteiger partial charge on any atom is -0.364 e. The first kappa shape index (κ1) is 16.5. The Labute approximate surface area is 134 Å². The van der Waals surface area contributed by atoms with Gasteiger partial charge in [0.2, 0.25) is 0 Å². The molecule has 0 aromatic heterocycles. The van der Waals surface area contributed by atoms with Crippen LogP contribution in [-0.2, 0) is 16.1 Å². The Morgan fingerprint density at radius 1 is 1.48 bits per heavy atom. The van der Waals surface area contributed by atoms with E-state index in [1.807, 2.05) is 43.0 Å². The summed E-state index contributed by atoms with van der Waals surface area (Å²) in [6, 6.07) is 8.18. The molecular formula is C16H23BrN2O2. The van der Waals surface area contributed by atoms with Crippen LogP contribution in [0.5, 0.6) is 0 Å². The van der Waals surface area contributed by atoms with Gasteiger partial charge in [0.15, 0.2) is 0 Å². The summed E-state index contributed by atoms with van der Waals surface area (Å²) in [5.74, 6) is 0.0703. The minimum atomic E-state index is -0.340. The molecule has 0 spiro atoms. The maximum Gasteiger partial charge on any atom is 0.252 e. The van der Waals surface area contributed by atoms with Crippen LogP contribution in [0.15, 0.2) is 28.7 Å². The number of carbonyl (C=O) groups is 1. The Hall–Kier alpha value is -0.910. The van der Waals surface area contributed by atoms with Gasteiger partial charge in [-0.15, -0.1) is 0 Å². The van der Waals surface area contributed by atoms with Crippen LogP contribution in [0.25, 0.3) is 0 Å². The molecule has 1 aliphatic heterocycles. The molecule has 0 radical (unpaired) electrons. The normalized spacial score (nSPS) is 21.8. The van der Waals surface area contributed by atoms with Gasteiger partial charge in [0.25, 0.3) is 5.91 Å². The van der Waals surface area contributed by atoms with Crippen molar-refractivity contribution in [1.29, 1.82) is 0 Å². The average Bonchev–Trinajstić information content (AvgIpc) is 2.93. The maximum absolute atomic E-state index is 12.7. The molecule has 1 fully saturated rings. The average molecular weight is 355 g/mol. The van der Waals surface area contributed by atoms with Gasteiger partial charge in [-0.05, 0) is 44.4 Å². The summed E-state index contributed by atoms with van der Waals surface area (Å²) in [7, 11) is 0. The molecule has 1 aromatic rings. The molecule has 1 aliphatic rings. The van der Waals surface area contributed by atoms with E-state index in [0.29, 0.717) is 13.1 Å². The first-order chi connectivity index (χ1) is 10.0. The zero-order valence-electron chi connectivity index (χ0n) is 12.6. The second-order valence-electron chi connectivity index (χ2n) is 5.75. The van der Waals surface area contributed by atoms with Crippen LogP contribution in [0.3, 0.4) is 0 Å². The van der Waals surface area contributed by atoms with Crippen molar-refractivity contribution < 1.29 is 9.53 Å². The second-order valence-corrected chi connectivity index (χ2v) is 6.67. The molecule has 4 nitrogen and oxygen atoms in total. The summed E-state index contributed by atoms with van der Waals surface area (Å²) < 4.78 is 6.76. The fraction of sp³-hybridized carbons (Fsp3) is 0.562.